The Morgan fingerprint density at radius 1 is 1.19 bits per heavy atom. The van der Waals surface area contributed by atoms with E-state index in [2.05, 4.69) is 0 Å². The van der Waals surface area contributed by atoms with Crippen molar-refractivity contribution in [3.05, 3.63) is 28.2 Å². The zero-order valence-corrected chi connectivity index (χ0v) is 9.59. The molecule has 4 nitrogen and oxygen atoms in total. The van der Waals surface area contributed by atoms with E-state index >= 15 is 0 Å². The van der Waals surface area contributed by atoms with Gasteiger partial charge in [-0.15, -0.1) is 0 Å². The van der Waals surface area contributed by atoms with Crippen molar-refractivity contribution in [1.82, 2.24) is 0 Å². The maximum Gasteiger partial charge on any atom is 0.311 e. The predicted molar refractivity (Wildman–Crippen MR) is 59.0 cm³/mol. The fourth-order valence-corrected chi connectivity index (χ4v) is 1.43. The van der Waals surface area contributed by atoms with Crippen molar-refractivity contribution in [2.24, 2.45) is 0 Å². The summed E-state index contributed by atoms with van der Waals surface area (Å²) >= 11 is 11.5. The van der Waals surface area contributed by atoms with E-state index < -0.39 is 11.9 Å². The van der Waals surface area contributed by atoms with Gasteiger partial charge in [0, 0.05) is 0 Å². The Kier molecular flexibility index (Phi) is 4.58. The van der Waals surface area contributed by atoms with Gasteiger partial charge in [0.1, 0.15) is 0 Å². The van der Waals surface area contributed by atoms with Gasteiger partial charge in [-0.1, -0.05) is 29.3 Å². The zero-order chi connectivity index (χ0) is 12.1. The lowest BCUT2D eigenvalue weighted by atomic mass is 10.3. The van der Waals surface area contributed by atoms with Gasteiger partial charge in [0.25, 0.3) is 0 Å². The lowest BCUT2D eigenvalue weighted by molar-refractivity contribution is -0.142. The van der Waals surface area contributed by atoms with Crippen molar-refractivity contribution >= 4 is 35.1 Å². The average molecular weight is 263 g/mol. The molecule has 0 heterocycles. The highest BCUT2D eigenvalue weighted by molar-refractivity contribution is 6.37. The Bertz CT molecular complexity index is 397. The minimum absolute atomic E-state index is 0.0567. The van der Waals surface area contributed by atoms with Gasteiger partial charge in [0.2, 0.25) is 0 Å². The number of carboxylic acid groups (broad SMARTS) is 1. The van der Waals surface area contributed by atoms with Crippen LogP contribution in [0.5, 0.6) is 5.75 Å². The summed E-state index contributed by atoms with van der Waals surface area (Å²) in [6.07, 6.45) is -0.516. The number of carbonyl (C=O) groups is 2. The summed E-state index contributed by atoms with van der Waals surface area (Å²) in [6.45, 7) is 0. The number of aliphatic carboxylic acids is 1. The van der Waals surface area contributed by atoms with Crippen molar-refractivity contribution in [3.63, 3.8) is 0 Å². The Morgan fingerprint density at radius 3 is 2.25 bits per heavy atom. The third kappa shape index (κ3) is 3.72. The maximum atomic E-state index is 11.2. The number of esters is 1. The monoisotopic (exact) mass is 262 g/mol. The standard InChI is InChI=1S/C10H8Cl2O4/c11-6-2-1-3-7(12)10(6)16-9(15)5-4-8(13)14/h1-3H,4-5H2,(H,13,14). The number of hydrogen-bond donors (Lipinski definition) is 1. The van der Waals surface area contributed by atoms with E-state index in [4.69, 9.17) is 33.0 Å². The molecule has 0 amide bonds. The Labute approximate surface area is 102 Å². The zero-order valence-electron chi connectivity index (χ0n) is 8.07. The number of ether oxygens (including phenoxy) is 1. The number of hydrogen-bond acceptors (Lipinski definition) is 3. The molecule has 1 N–H and O–H groups in total. The molecule has 86 valence electrons. The molecule has 1 aromatic carbocycles. The van der Waals surface area contributed by atoms with E-state index in [1.54, 1.807) is 6.07 Å². The van der Waals surface area contributed by atoms with Crippen LogP contribution >= 0.6 is 23.2 Å². The maximum absolute atomic E-state index is 11.2. The minimum Gasteiger partial charge on any atom is -0.481 e. The highest BCUT2D eigenvalue weighted by atomic mass is 35.5. The second kappa shape index (κ2) is 5.72. The third-order valence-corrected chi connectivity index (χ3v) is 2.27. The van der Waals surface area contributed by atoms with Gasteiger partial charge in [-0.25, -0.2) is 0 Å². The van der Waals surface area contributed by atoms with Gasteiger partial charge in [-0.3, -0.25) is 9.59 Å². The molecule has 0 fully saturated rings. The van der Waals surface area contributed by atoms with E-state index in [-0.39, 0.29) is 28.6 Å². The van der Waals surface area contributed by atoms with Gasteiger partial charge in [0.05, 0.1) is 22.9 Å². The molecule has 0 atom stereocenters. The van der Waals surface area contributed by atoms with Crippen LogP contribution in [-0.4, -0.2) is 17.0 Å². The van der Waals surface area contributed by atoms with E-state index in [1.807, 2.05) is 0 Å². The number of para-hydroxylation sites is 1. The van der Waals surface area contributed by atoms with E-state index in [9.17, 15) is 9.59 Å². The largest absolute Gasteiger partial charge is 0.481 e. The van der Waals surface area contributed by atoms with Gasteiger partial charge >= 0.3 is 11.9 Å². The van der Waals surface area contributed by atoms with Crippen molar-refractivity contribution < 1.29 is 19.4 Å². The SMILES string of the molecule is O=C(O)CCC(=O)Oc1c(Cl)cccc1Cl. The van der Waals surface area contributed by atoms with Crippen LogP contribution in [0.15, 0.2) is 18.2 Å². The normalized spacial score (nSPS) is 9.88. The minimum atomic E-state index is -1.07. The average Bonchev–Trinajstić information content (AvgIpc) is 2.21. The van der Waals surface area contributed by atoms with Crippen LogP contribution in [0.3, 0.4) is 0 Å². The Balaban J connectivity index is 2.66. The first-order valence-corrected chi connectivity index (χ1v) is 5.13. The third-order valence-electron chi connectivity index (χ3n) is 1.68. The number of halogens is 2. The first-order chi connectivity index (χ1) is 7.50. The number of carbonyl (C=O) groups excluding carboxylic acids is 1. The molecule has 0 aliphatic carbocycles. The molecule has 0 bridgehead atoms. The molecule has 0 aliphatic rings. The van der Waals surface area contributed by atoms with E-state index in [1.165, 1.54) is 12.1 Å². The molecule has 0 unspecified atom stereocenters. The molecule has 0 saturated heterocycles. The quantitative estimate of drug-likeness (QED) is 0.670. The highest BCUT2D eigenvalue weighted by Gasteiger charge is 2.13. The van der Waals surface area contributed by atoms with Crippen LogP contribution in [0.2, 0.25) is 10.0 Å². The topological polar surface area (TPSA) is 63.6 Å². The van der Waals surface area contributed by atoms with Crippen molar-refractivity contribution in [1.29, 1.82) is 0 Å². The fourth-order valence-electron chi connectivity index (χ4n) is 0.954. The molecule has 0 saturated carbocycles. The molecule has 0 radical (unpaired) electrons. The smallest absolute Gasteiger partial charge is 0.311 e. The molecule has 1 aromatic rings. The van der Waals surface area contributed by atoms with Crippen LogP contribution in [0.25, 0.3) is 0 Å². The molecule has 0 aromatic heterocycles. The number of carboxylic acids is 1. The lowest BCUT2D eigenvalue weighted by Crippen LogP contribution is -2.10. The van der Waals surface area contributed by atoms with Gasteiger partial charge in [-0.2, -0.15) is 0 Å². The Hall–Kier alpha value is -1.26. The summed E-state index contributed by atoms with van der Waals surface area (Å²) in [6, 6.07) is 4.65. The molecule has 0 spiro atoms. The lowest BCUT2D eigenvalue weighted by Gasteiger charge is -2.06. The summed E-state index contributed by atoms with van der Waals surface area (Å²) in [5.41, 5.74) is 0. The van der Waals surface area contributed by atoms with Crippen LogP contribution in [0.1, 0.15) is 12.8 Å². The first-order valence-electron chi connectivity index (χ1n) is 4.37. The number of rotatable bonds is 4. The van der Waals surface area contributed by atoms with Gasteiger partial charge < -0.3 is 9.84 Å². The second-order valence-electron chi connectivity index (χ2n) is 2.92. The molecule has 0 aliphatic heterocycles. The summed E-state index contributed by atoms with van der Waals surface area (Å²) in [5, 5.41) is 8.79. The number of benzene rings is 1. The van der Waals surface area contributed by atoms with E-state index in [0.717, 1.165) is 0 Å². The van der Waals surface area contributed by atoms with Crippen LogP contribution in [-0.2, 0) is 9.59 Å². The Morgan fingerprint density at radius 2 is 1.75 bits per heavy atom. The fraction of sp³-hybridized carbons (Fsp3) is 0.200. The summed E-state index contributed by atoms with van der Waals surface area (Å²) in [4.78, 5) is 21.4. The van der Waals surface area contributed by atoms with Gasteiger partial charge in [-0.05, 0) is 12.1 Å². The second-order valence-corrected chi connectivity index (χ2v) is 3.73. The predicted octanol–water partition coefficient (Wildman–Crippen LogP) is 2.76. The first kappa shape index (κ1) is 12.8. The summed E-state index contributed by atoms with van der Waals surface area (Å²) in [5.74, 6) is -1.69. The van der Waals surface area contributed by atoms with Crippen molar-refractivity contribution in [2.75, 3.05) is 0 Å². The highest BCUT2D eigenvalue weighted by Crippen LogP contribution is 2.32. The van der Waals surface area contributed by atoms with Crippen molar-refractivity contribution in [3.8, 4) is 5.75 Å². The van der Waals surface area contributed by atoms with Crippen LogP contribution in [0.4, 0.5) is 0 Å². The molecular formula is C10H8Cl2O4. The molecular weight excluding hydrogens is 255 g/mol. The van der Waals surface area contributed by atoms with Crippen molar-refractivity contribution in [2.45, 2.75) is 12.8 Å². The molecule has 16 heavy (non-hydrogen) atoms. The van der Waals surface area contributed by atoms with Gasteiger partial charge in [0.15, 0.2) is 5.75 Å². The van der Waals surface area contributed by atoms with E-state index in [0.29, 0.717) is 0 Å². The summed E-state index contributed by atoms with van der Waals surface area (Å²) in [7, 11) is 0. The molecule has 6 heteroatoms. The van der Waals surface area contributed by atoms with Crippen LogP contribution < -0.4 is 4.74 Å². The summed E-state index contributed by atoms with van der Waals surface area (Å²) < 4.78 is 4.86. The molecule has 1 rings (SSSR count). The van der Waals surface area contributed by atoms with Crippen LogP contribution in [0, 0.1) is 0 Å².